The molecule has 1 atom stereocenters. The second-order valence-corrected chi connectivity index (χ2v) is 8.81. The van der Waals surface area contributed by atoms with Gasteiger partial charge in [-0.3, -0.25) is 15.2 Å². The molecular formula is C18H21FN6O3S. The van der Waals surface area contributed by atoms with E-state index in [2.05, 4.69) is 20.6 Å². The van der Waals surface area contributed by atoms with Crippen molar-refractivity contribution in [1.82, 2.24) is 19.6 Å². The SMILES string of the molecule is CCN1C(=N)N[C@](C)(c2cc(NC(=O)c3cnc(C)cn3)ccc2F)CS1(=O)=O. The molecule has 1 aromatic carbocycles. The van der Waals surface area contributed by atoms with E-state index in [9.17, 15) is 17.6 Å². The molecule has 0 radical (unpaired) electrons. The summed E-state index contributed by atoms with van der Waals surface area (Å²) in [6.07, 6.45) is 2.78. The fourth-order valence-electron chi connectivity index (χ4n) is 3.17. The third-order valence-electron chi connectivity index (χ3n) is 4.57. The number of aromatic nitrogens is 2. The highest BCUT2D eigenvalue weighted by Gasteiger charge is 2.44. The van der Waals surface area contributed by atoms with Crippen LogP contribution < -0.4 is 10.6 Å². The minimum absolute atomic E-state index is 0.0226. The van der Waals surface area contributed by atoms with Gasteiger partial charge in [0.2, 0.25) is 16.0 Å². The van der Waals surface area contributed by atoms with Gasteiger partial charge in [-0.05, 0) is 39.0 Å². The number of sulfonamides is 1. The van der Waals surface area contributed by atoms with Gasteiger partial charge in [0.1, 0.15) is 11.5 Å². The fourth-order valence-corrected chi connectivity index (χ4v) is 5.00. The zero-order valence-corrected chi connectivity index (χ0v) is 17.0. The minimum Gasteiger partial charge on any atom is -0.345 e. The maximum atomic E-state index is 14.6. The predicted molar refractivity (Wildman–Crippen MR) is 106 cm³/mol. The quantitative estimate of drug-likeness (QED) is 0.689. The maximum Gasteiger partial charge on any atom is 0.275 e. The van der Waals surface area contributed by atoms with Crippen molar-refractivity contribution in [2.45, 2.75) is 26.3 Å². The third kappa shape index (κ3) is 4.04. The van der Waals surface area contributed by atoms with E-state index in [0.29, 0.717) is 5.69 Å². The van der Waals surface area contributed by atoms with E-state index in [1.807, 2.05) is 0 Å². The van der Waals surface area contributed by atoms with Crippen LogP contribution in [0.15, 0.2) is 30.6 Å². The van der Waals surface area contributed by atoms with E-state index in [4.69, 9.17) is 5.41 Å². The molecule has 1 amide bonds. The van der Waals surface area contributed by atoms with Crippen molar-refractivity contribution in [3.05, 3.63) is 53.4 Å². The van der Waals surface area contributed by atoms with Crippen LogP contribution in [0.1, 0.15) is 35.6 Å². The second-order valence-electron chi connectivity index (χ2n) is 6.92. The molecule has 1 aliphatic heterocycles. The number of anilines is 1. The van der Waals surface area contributed by atoms with Crippen molar-refractivity contribution in [3.8, 4) is 0 Å². The van der Waals surface area contributed by atoms with Crippen LogP contribution in [0.5, 0.6) is 0 Å². The van der Waals surface area contributed by atoms with Crippen LogP contribution in [0.2, 0.25) is 0 Å². The first kappa shape index (κ1) is 20.6. The Morgan fingerprint density at radius 3 is 2.69 bits per heavy atom. The van der Waals surface area contributed by atoms with E-state index in [-0.39, 0.29) is 29.4 Å². The minimum atomic E-state index is -3.80. The number of carbonyl (C=O) groups is 1. The highest BCUT2D eigenvalue weighted by Crippen LogP contribution is 2.32. The molecule has 0 bridgehead atoms. The molecule has 29 heavy (non-hydrogen) atoms. The fraction of sp³-hybridized carbons (Fsp3) is 0.333. The highest BCUT2D eigenvalue weighted by atomic mass is 32.2. The van der Waals surface area contributed by atoms with Crippen LogP contribution in [0.25, 0.3) is 0 Å². The second kappa shape index (κ2) is 7.39. The number of carbonyl (C=O) groups excluding carboxylic acids is 1. The van der Waals surface area contributed by atoms with E-state index >= 15 is 0 Å². The molecule has 0 aliphatic carbocycles. The number of benzene rings is 1. The third-order valence-corrected chi connectivity index (χ3v) is 6.62. The highest BCUT2D eigenvalue weighted by molar-refractivity contribution is 7.89. The smallest absolute Gasteiger partial charge is 0.275 e. The normalized spacial score (nSPS) is 20.8. The molecule has 1 aliphatic rings. The molecule has 1 fully saturated rings. The van der Waals surface area contributed by atoms with Crippen molar-refractivity contribution in [2.24, 2.45) is 0 Å². The lowest BCUT2D eigenvalue weighted by Crippen LogP contribution is -2.62. The van der Waals surface area contributed by atoms with Gasteiger partial charge in [0, 0.05) is 24.0 Å². The molecule has 0 spiro atoms. The zero-order chi connectivity index (χ0) is 21.4. The Morgan fingerprint density at radius 2 is 2.10 bits per heavy atom. The summed E-state index contributed by atoms with van der Waals surface area (Å²) < 4.78 is 40.6. The topological polar surface area (TPSA) is 128 Å². The van der Waals surface area contributed by atoms with Crippen LogP contribution >= 0.6 is 0 Å². The monoisotopic (exact) mass is 420 g/mol. The number of hydrogen-bond donors (Lipinski definition) is 3. The molecule has 0 saturated carbocycles. The zero-order valence-electron chi connectivity index (χ0n) is 16.2. The summed E-state index contributed by atoms with van der Waals surface area (Å²) >= 11 is 0. The molecule has 3 rings (SSSR count). The number of halogens is 1. The first-order chi connectivity index (χ1) is 13.6. The Hall–Kier alpha value is -3.08. The van der Waals surface area contributed by atoms with Crippen LogP contribution in [0, 0.1) is 18.2 Å². The van der Waals surface area contributed by atoms with Crippen molar-refractivity contribution in [3.63, 3.8) is 0 Å². The number of nitrogens with zero attached hydrogens (tertiary/aromatic N) is 3. The van der Waals surface area contributed by atoms with E-state index < -0.39 is 33.0 Å². The van der Waals surface area contributed by atoms with Crippen molar-refractivity contribution >= 4 is 27.6 Å². The Kier molecular flexibility index (Phi) is 5.26. The standard InChI is InChI=1S/C18H21FN6O3S/c1-4-25-17(20)24-18(3,10-29(25,27)28)13-7-12(5-6-14(13)19)23-16(26)15-9-21-11(2)8-22-15/h5-9H,4,10H2,1-3H3,(H2,20,24)(H,23,26)/t18-/m0/s1. The van der Waals surface area contributed by atoms with E-state index in [1.54, 1.807) is 13.8 Å². The number of hydrogen-bond acceptors (Lipinski definition) is 6. The summed E-state index contributed by atoms with van der Waals surface area (Å²) in [5.74, 6) is -1.95. The lowest BCUT2D eigenvalue weighted by Gasteiger charge is -2.41. The summed E-state index contributed by atoms with van der Waals surface area (Å²) in [6.45, 7) is 4.95. The number of nitrogens with one attached hydrogen (secondary N) is 3. The van der Waals surface area contributed by atoms with E-state index in [0.717, 1.165) is 10.4 Å². The summed E-state index contributed by atoms with van der Waals surface area (Å²) in [7, 11) is -3.80. The average molecular weight is 420 g/mol. The number of aryl methyl sites for hydroxylation is 1. The first-order valence-electron chi connectivity index (χ1n) is 8.83. The van der Waals surface area contributed by atoms with Crippen LogP contribution in [-0.2, 0) is 15.6 Å². The van der Waals surface area contributed by atoms with Gasteiger partial charge in [0.25, 0.3) is 5.91 Å². The Morgan fingerprint density at radius 1 is 1.38 bits per heavy atom. The number of amides is 1. The summed E-state index contributed by atoms with van der Waals surface area (Å²) in [4.78, 5) is 20.4. The van der Waals surface area contributed by atoms with E-state index in [1.165, 1.54) is 31.5 Å². The maximum absolute atomic E-state index is 14.6. The van der Waals surface area contributed by atoms with Crippen molar-refractivity contribution < 1.29 is 17.6 Å². The van der Waals surface area contributed by atoms with Crippen LogP contribution in [0.3, 0.4) is 0 Å². The molecule has 1 saturated heterocycles. The Bertz CT molecular complexity index is 1070. The van der Waals surface area contributed by atoms with Crippen molar-refractivity contribution in [2.75, 3.05) is 17.6 Å². The number of guanidine groups is 1. The lowest BCUT2D eigenvalue weighted by molar-refractivity contribution is 0.102. The predicted octanol–water partition coefficient (Wildman–Crippen LogP) is 1.58. The van der Waals surface area contributed by atoms with Gasteiger partial charge in [-0.15, -0.1) is 0 Å². The lowest BCUT2D eigenvalue weighted by atomic mass is 9.93. The molecule has 154 valence electrons. The molecule has 2 aromatic rings. The van der Waals surface area contributed by atoms with Gasteiger partial charge in [-0.2, -0.15) is 0 Å². The van der Waals surface area contributed by atoms with Gasteiger partial charge >= 0.3 is 0 Å². The molecule has 11 heteroatoms. The van der Waals surface area contributed by atoms with Gasteiger partial charge in [-0.1, -0.05) is 0 Å². The van der Waals surface area contributed by atoms with Gasteiger partial charge in [0.15, 0.2) is 0 Å². The van der Waals surface area contributed by atoms with Gasteiger partial charge in [-0.25, -0.2) is 22.1 Å². The average Bonchev–Trinajstić information content (AvgIpc) is 2.62. The molecule has 9 nitrogen and oxygen atoms in total. The summed E-state index contributed by atoms with van der Waals surface area (Å²) in [6, 6.07) is 3.86. The summed E-state index contributed by atoms with van der Waals surface area (Å²) in [5.41, 5.74) is -0.345. The molecule has 0 unspecified atom stereocenters. The molecule has 2 heterocycles. The molecular weight excluding hydrogens is 399 g/mol. The van der Waals surface area contributed by atoms with Gasteiger partial charge < -0.3 is 10.6 Å². The first-order valence-corrected chi connectivity index (χ1v) is 10.4. The van der Waals surface area contributed by atoms with Crippen LogP contribution in [0.4, 0.5) is 10.1 Å². The largest absolute Gasteiger partial charge is 0.345 e. The van der Waals surface area contributed by atoms with Gasteiger partial charge in [0.05, 0.1) is 23.2 Å². The Labute approximate surface area is 167 Å². The number of rotatable bonds is 4. The molecule has 1 aromatic heterocycles. The van der Waals surface area contributed by atoms with Crippen molar-refractivity contribution in [1.29, 1.82) is 5.41 Å². The Balaban J connectivity index is 1.92. The summed E-state index contributed by atoms with van der Waals surface area (Å²) in [5, 5.41) is 13.4. The van der Waals surface area contributed by atoms with Crippen LogP contribution in [-0.4, -0.2) is 46.9 Å². The molecule has 3 N–H and O–H groups in total.